The molecule has 1 aromatic heterocycles. The second kappa shape index (κ2) is 4.98. The van der Waals surface area contributed by atoms with E-state index in [1.807, 2.05) is 66.7 Å². The van der Waals surface area contributed by atoms with Crippen LogP contribution in [-0.2, 0) is 6.54 Å². The standard InChI is InChI=1S/C16H14N2O/c19-16-14-10-4-5-11-15(14)17-18(16)12-6-9-13-7-2-1-3-8-13/h1-11,17H,12H2. The topological polar surface area (TPSA) is 37.8 Å². The lowest BCUT2D eigenvalue weighted by Crippen LogP contribution is -2.15. The zero-order chi connectivity index (χ0) is 13.1. The van der Waals surface area contributed by atoms with E-state index in [1.165, 1.54) is 0 Å². The fraction of sp³-hybridized carbons (Fsp3) is 0.0625. The summed E-state index contributed by atoms with van der Waals surface area (Å²) in [4.78, 5) is 12.1. The number of hydrogen-bond donors (Lipinski definition) is 1. The van der Waals surface area contributed by atoms with E-state index in [9.17, 15) is 4.79 Å². The van der Waals surface area contributed by atoms with Gasteiger partial charge in [-0.05, 0) is 17.7 Å². The van der Waals surface area contributed by atoms with Crippen molar-refractivity contribution in [3.8, 4) is 0 Å². The summed E-state index contributed by atoms with van der Waals surface area (Å²) in [5, 5.41) is 3.84. The third-order valence-corrected chi connectivity index (χ3v) is 3.06. The molecule has 0 saturated heterocycles. The Morgan fingerprint density at radius 3 is 2.53 bits per heavy atom. The maximum Gasteiger partial charge on any atom is 0.274 e. The summed E-state index contributed by atoms with van der Waals surface area (Å²) in [5.41, 5.74) is 2.03. The van der Waals surface area contributed by atoms with E-state index in [0.29, 0.717) is 6.54 Å². The number of allylic oxidation sites excluding steroid dienone is 1. The first-order valence-electron chi connectivity index (χ1n) is 6.24. The van der Waals surface area contributed by atoms with Gasteiger partial charge in [-0.3, -0.25) is 9.89 Å². The molecule has 0 fully saturated rings. The molecule has 0 amide bonds. The average molecular weight is 250 g/mol. The predicted molar refractivity (Wildman–Crippen MR) is 78.0 cm³/mol. The van der Waals surface area contributed by atoms with Crippen molar-refractivity contribution in [1.29, 1.82) is 0 Å². The van der Waals surface area contributed by atoms with Crippen LogP contribution in [0, 0.1) is 0 Å². The van der Waals surface area contributed by atoms with Crippen molar-refractivity contribution in [2.45, 2.75) is 6.54 Å². The molecule has 2 aromatic carbocycles. The van der Waals surface area contributed by atoms with Gasteiger partial charge in [-0.2, -0.15) is 0 Å². The van der Waals surface area contributed by atoms with Gasteiger partial charge >= 0.3 is 0 Å². The molecule has 0 aliphatic rings. The van der Waals surface area contributed by atoms with Crippen molar-refractivity contribution in [3.63, 3.8) is 0 Å². The molecule has 0 saturated carbocycles. The summed E-state index contributed by atoms with van der Waals surface area (Å²) in [6, 6.07) is 17.6. The van der Waals surface area contributed by atoms with Gasteiger partial charge in [-0.1, -0.05) is 54.6 Å². The molecule has 19 heavy (non-hydrogen) atoms. The molecule has 1 N–H and O–H groups in total. The second-order valence-corrected chi connectivity index (χ2v) is 4.39. The Bertz CT molecular complexity index is 766. The van der Waals surface area contributed by atoms with E-state index < -0.39 is 0 Å². The van der Waals surface area contributed by atoms with Crippen molar-refractivity contribution in [3.05, 3.63) is 76.6 Å². The molecule has 94 valence electrons. The number of aromatic amines is 1. The lowest BCUT2D eigenvalue weighted by Gasteiger charge is -1.95. The van der Waals surface area contributed by atoms with E-state index in [0.717, 1.165) is 16.5 Å². The van der Waals surface area contributed by atoms with Crippen LogP contribution >= 0.6 is 0 Å². The van der Waals surface area contributed by atoms with E-state index >= 15 is 0 Å². The molecule has 0 atom stereocenters. The Kier molecular flexibility index (Phi) is 3.02. The second-order valence-electron chi connectivity index (χ2n) is 4.39. The summed E-state index contributed by atoms with van der Waals surface area (Å²) < 4.78 is 1.62. The number of nitrogens with zero attached hydrogens (tertiary/aromatic N) is 1. The fourth-order valence-corrected chi connectivity index (χ4v) is 2.10. The monoisotopic (exact) mass is 250 g/mol. The molecular formula is C16H14N2O. The van der Waals surface area contributed by atoms with Gasteiger partial charge in [0.15, 0.2) is 0 Å². The number of benzene rings is 2. The summed E-state index contributed by atoms with van der Waals surface area (Å²) in [6.45, 7) is 0.544. The third-order valence-electron chi connectivity index (χ3n) is 3.06. The lowest BCUT2D eigenvalue weighted by atomic mass is 10.2. The Morgan fingerprint density at radius 2 is 1.74 bits per heavy atom. The number of hydrogen-bond acceptors (Lipinski definition) is 1. The summed E-state index contributed by atoms with van der Waals surface area (Å²) >= 11 is 0. The maximum atomic E-state index is 12.1. The van der Waals surface area contributed by atoms with E-state index in [1.54, 1.807) is 4.68 Å². The molecule has 3 rings (SSSR count). The Balaban J connectivity index is 1.85. The van der Waals surface area contributed by atoms with Gasteiger partial charge in [0.25, 0.3) is 5.56 Å². The predicted octanol–water partition coefficient (Wildman–Crippen LogP) is 3.04. The first-order chi connectivity index (χ1) is 9.34. The van der Waals surface area contributed by atoms with Crippen LogP contribution in [-0.4, -0.2) is 9.78 Å². The number of aromatic nitrogens is 2. The van der Waals surface area contributed by atoms with Gasteiger partial charge in [0.05, 0.1) is 17.4 Å². The molecule has 3 aromatic rings. The summed E-state index contributed by atoms with van der Waals surface area (Å²) in [7, 11) is 0. The van der Waals surface area contributed by atoms with Gasteiger partial charge in [0, 0.05) is 0 Å². The van der Waals surface area contributed by atoms with Gasteiger partial charge in [0.2, 0.25) is 0 Å². The number of fused-ring (bicyclic) bond motifs is 1. The minimum absolute atomic E-state index is 0.0216. The van der Waals surface area contributed by atoms with Crippen LogP contribution in [0.4, 0.5) is 0 Å². The molecule has 3 heteroatoms. The lowest BCUT2D eigenvalue weighted by molar-refractivity contribution is 0.688. The van der Waals surface area contributed by atoms with Crippen molar-refractivity contribution in [1.82, 2.24) is 9.78 Å². The molecule has 3 nitrogen and oxygen atoms in total. The normalized spacial score (nSPS) is 11.4. The zero-order valence-corrected chi connectivity index (χ0v) is 10.4. The molecule has 0 aliphatic carbocycles. The summed E-state index contributed by atoms with van der Waals surface area (Å²) in [6.07, 6.45) is 3.99. The Hall–Kier alpha value is -2.55. The number of nitrogens with one attached hydrogen (secondary N) is 1. The highest BCUT2D eigenvalue weighted by Crippen LogP contribution is 2.06. The molecular weight excluding hydrogens is 236 g/mol. The van der Waals surface area contributed by atoms with Gasteiger partial charge in [-0.25, -0.2) is 4.68 Å². The Labute approximate surface area is 110 Å². The van der Waals surface area contributed by atoms with Crippen LogP contribution in [0.1, 0.15) is 5.56 Å². The van der Waals surface area contributed by atoms with E-state index in [2.05, 4.69) is 5.10 Å². The maximum absolute atomic E-state index is 12.1. The molecule has 0 aliphatic heterocycles. The highest BCUT2D eigenvalue weighted by atomic mass is 16.1. The van der Waals surface area contributed by atoms with Crippen LogP contribution in [0.2, 0.25) is 0 Å². The zero-order valence-electron chi connectivity index (χ0n) is 10.4. The van der Waals surface area contributed by atoms with Crippen LogP contribution in [0.3, 0.4) is 0 Å². The van der Waals surface area contributed by atoms with E-state index in [4.69, 9.17) is 0 Å². The van der Waals surface area contributed by atoms with Gasteiger partial charge < -0.3 is 0 Å². The van der Waals surface area contributed by atoms with Gasteiger partial charge in [0.1, 0.15) is 0 Å². The van der Waals surface area contributed by atoms with Crippen LogP contribution in [0.5, 0.6) is 0 Å². The number of H-pyrrole nitrogens is 1. The molecule has 0 spiro atoms. The van der Waals surface area contributed by atoms with Crippen molar-refractivity contribution in [2.24, 2.45) is 0 Å². The quantitative estimate of drug-likeness (QED) is 0.762. The van der Waals surface area contributed by atoms with Crippen molar-refractivity contribution < 1.29 is 0 Å². The first-order valence-corrected chi connectivity index (χ1v) is 6.24. The molecule has 1 heterocycles. The van der Waals surface area contributed by atoms with Gasteiger partial charge in [-0.15, -0.1) is 0 Å². The Morgan fingerprint density at radius 1 is 1.00 bits per heavy atom. The average Bonchev–Trinajstić information content (AvgIpc) is 2.78. The fourth-order valence-electron chi connectivity index (χ4n) is 2.10. The van der Waals surface area contributed by atoms with Crippen molar-refractivity contribution >= 4 is 17.0 Å². The van der Waals surface area contributed by atoms with Crippen LogP contribution in [0.25, 0.3) is 17.0 Å². The number of rotatable bonds is 3. The highest BCUT2D eigenvalue weighted by Gasteiger charge is 2.03. The number of para-hydroxylation sites is 1. The minimum Gasteiger partial charge on any atom is -0.295 e. The molecule has 0 bridgehead atoms. The van der Waals surface area contributed by atoms with Crippen LogP contribution in [0.15, 0.2) is 65.5 Å². The summed E-state index contributed by atoms with van der Waals surface area (Å²) in [5.74, 6) is 0. The highest BCUT2D eigenvalue weighted by molar-refractivity contribution is 5.77. The largest absolute Gasteiger partial charge is 0.295 e. The molecule has 0 radical (unpaired) electrons. The van der Waals surface area contributed by atoms with Crippen LogP contribution < -0.4 is 5.56 Å². The minimum atomic E-state index is 0.0216. The van der Waals surface area contributed by atoms with Crippen molar-refractivity contribution in [2.75, 3.05) is 0 Å². The third kappa shape index (κ3) is 2.36. The molecule has 0 unspecified atom stereocenters. The SMILES string of the molecule is O=c1c2ccccc2[nH]n1CC=Cc1ccccc1. The van der Waals surface area contributed by atoms with E-state index in [-0.39, 0.29) is 5.56 Å². The smallest absolute Gasteiger partial charge is 0.274 e. The first kappa shape index (κ1) is 11.5.